The lowest BCUT2D eigenvalue weighted by atomic mass is 9.91. The maximum Gasteiger partial charge on any atom is 0.323 e. The van der Waals surface area contributed by atoms with Gasteiger partial charge in [0, 0.05) is 6.61 Å². The number of aliphatic carboxylic acids is 1. The minimum absolute atomic E-state index is 0.113. The predicted molar refractivity (Wildman–Crippen MR) is 69.3 cm³/mol. The van der Waals surface area contributed by atoms with Gasteiger partial charge in [-0.2, -0.15) is 0 Å². The van der Waals surface area contributed by atoms with Gasteiger partial charge in [-0.1, -0.05) is 13.8 Å². The molecule has 0 radical (unpaired) electrons. The second-order valence-corrected chi connectivity index (χ2v) is 5.06. The number of rotatable bonds is 9. The first-order valence-electron chi connectivity index (χ1n) is 6.40. The largest absolute Gasteiger partial charge is 0.480 e. The zero-order valence-corrected chi connectivity index (χ0v) is 11.8. The molecule has 0 rings (SSSR count). The Morgan fingerprint density at radius 1 is 1.29 bits per heavy atom. The molecule has 4 nitrogen and oxygen atoms in total. The van der Waals surface area contributed by atoms with Gasteiger partial charge in [-0.15, -0.1) is 0 Å². The second-order valence-electron chi connectivity index (χ2n) is 5.06. The lowest BCUT2D eigenvalue weighted by molar-refractivity contribution is -0.145. The molecule has 0 aromatic heterocycles. The monoisotopic (exact) mass is 245 g/mol. The van der Waals surface area contributed by atoms with Crippen molar-refractivity contribution in [1.82, 2.24) is 5.32 Å². The number of carboxylic acids is 1. The van der Waals surface area contributed by atoms with Crippen LogP contribution in [0.1, 0.15) is 53.4 Å². The molecule has 0 amide bonds. The molecule has 0 fully saturated rings. The molecule has 0 aliphatic carbocycles. The molecule has 1 unspecified atom stereocenters. The van der Waals surface area contributed by atoms with Crippen LogP contribution in [0.25, 0.3) is 0 Å². The average Bonchev–Trinajstić information content (AvgIpc) is 2.29. The summed E-state index contributed by atoms with van der Waals surface area (Å²) in [4.78, 5) is 11.2. The van der Waals surface area contributed by atoms with Crippen molar-refractivity contribution in [1.29, 1.82) is 0 Å². The van der Waals surface area contributed by atoms with Crippen LogP contribution in [0.3, 0.4) is 0 Å². The highest BCUT2D eigenvalue weighted by Gasteiger charge is 2.34. The van der Waals surface area contributed by atoms with Gasteiger partial charge < -0.3 is 15.2 Å². The Labute approximate surface area is 105 Å². The molecule has 0 saturated heterocycles. The van der Waals surface area contributed by atoms with E-state index in [1.165, 1.54) is 0 Å². The molecule has 17 heavy (non-hydrogen) atoms. The molecule has 0 saturated carbocycles. The number of carboxylic acid groups (broad SMARTS) is 1. The van der Waals surface area contributed by atoms with Crippen LogP contribution in [-0.4, -0.2) is 35.9 Å². The Morgan fingerprint density at radius 3 is 2.24 bits per heavy atom. The molecule has 0 aromatic carbocycles. The Morgan fingerprint density at radius 2 is 1.88 bits per heavy atom. The Hall–Kier alpha value is -0.610. The van der Waals surface area contributed by atoms with E-state index in [0.29, 0.717) is 19.4 Å². The van der Waals surface area contributed by atoms with E-state index >= 15 is 0 Å². The van der Waals surface area contributed by atoms with Crippen molar-refractivity contribution < 1.29 is 14.6 Å². The van der Waals surface area contributed by atoms with Crippen molar-refractivity contribution in [2.75, 3.05) is 13.7 Å². The molecule has 0 spiro atoms. The van der Waals surface area contributed by atoms with E-state index in [-0.39, 0.29) is 5.60 Å². The van der Waals surface area contributed by atoms with E-state index in [9.17, 15) is 9.90 Å². The van der Waals surface area contributed by atoms with Crippen molar-refractivity contribution in [3.8, 4) is 0 Å². The van der Waals surface area contributed by atoms with E-state index in [0.717, 1.165) is 12.8 Å². The first kappa shape index (κ1) is 16.4. The predicted octanol–water partition coefficient (Wildman–Crippen LogP) is 2.42. The van der Waals surface area contributed by atoms with Gasteiger partial charge in [0.1, 0.15) is 5.54 Å². The number of nitrogens with one attached hydrogen (secondary N) is 1. The SMILES string of the molecule is CCC(C)(C)OCCCC(CC)(NC)C(=O)O. The standard InChI is InChI=1S/C13H27NO3/c1-6-12(3,4)17-10-8-9-13(7-2,14-5)11(15)16/h14H,6-10H2,1-5H3,(H,15,16). The highest BCUT2D eigenvalue weighted by Crippen LogP contribution is 2.19. The van der Waals surface area contributed by atoms with Gasteiger partial charge in [0.05, 0.1) is 5.60 Å². The number of hydrogen-bond donors (Lipinski definition) is 2. The van der Waals surface area contributed by atoms with Crippen LogP contribution in [0.5, 0.6) is 0 Å². The van der Waals surface area contributed by atoms with Crippen LogP contribution in [0.15, 0.2) is 0 Å². The summed E-state index contributed by atoms with van der Waals surface area (Å²) in [6.45, 7) is 8.69. The van der Waals surface area contributed by atoms with Crippen LogP contribution in [0, 0.1) is 0 Å². The summed E-state index contributed by atoms with van der Waals surface area (Å²) in [6.07, 6.45) is 2.88. The van der Waals surface area contributed by atoms with E-state index in [2.05, 4.69) is 26.1 Å². The first-order valence-corrected chi connectivity index (χ1v) is 6.40. The number of carbonyl (C=O) groups is 1. The Balaban J connectivity index is 4.13. The fourth-order valence-electron chi connectivity index (χ4n) is 1.67. The maximum absolute atomic E-state index is 11.2. The topological polar surface area (TPSA) is 58.6 Å². The van der Waals surface area contributed by atoms with Crippen LogP contribution in [-0.2, 0) is 9.53 Å². The third-order valence-electron chi connectivity index (χ3n) is 3.58. The summed E-state index contributed by atoms with van der Waals surface area (Å²) >= 11 is 0. The van der Waals surface area contributed by atoms with E-state index in [1.807, 2.05) is 6.92 Å². The lowest BCUT2D eigenvalue weighted by Gasteiger charge is -2.29. The average molecular weight is 245 g/mol. The normalized spacial score (nSPS) is 15.6. The van der Waals surface area contributed by atoms with Crippen molar-refractivity contribution in [2.24, 2.45) is 0 Å². The molecule has 0 bridgehead atoms. The molecular weight excluding hydrogens is 218 g/mol. The third kappa shape index (κ3) is 5.04. The summed E-state index contributed by atoms with van der Waals surface area (Å²) in [5.41, 5.74) is -0.919. The highest BCUT2D eigenvalue weighted by molar-refractivity contribution is 5.78. The zero-order chi connectivity index (χ0) is 13.5. The molecule has 0 aliphatic rings. The summed E-state index contributed by atoms with van der Waals surface area (Å²) in [6, 6.07) is 0. The molecule has 4 heteroatoms. The second kappa shape index (κ2) is 6.97. The molecule has 1 atom stereocenters. The third-order valence-corrected chi connectivity index (χ3v) is 3.58. The molecular formula is C13H27NO3. The summed E-state index contributed by atoms with van der Waals surface area (Å²) in [7, 11) is 1.70. The van der Waals surface area contributed by atoms with Crippen molar-refractivity contribution in [3.05, 3.63) is 0 Å². The van der Waals surface area contributed by atoms with Crippen molar-refractivity contribution in [3.63, 3.8) is 0 Å². The minimum atomic E-state index is -0.806. The smallest absolute Gasteiger partial charge is 0.323 e. The molecule has 0 aliphatic heterocycles. The van der Waals surface area contributed by atoms with Crippen LogP contribution < -0.4 is 5.32 Å². The molecule has 2 N–H and O–H groups in total. The lowest BCUT2D eigenvalue weighted by Crippen LogP contribution is -2.50. The summed E-state index contributed by atoms with van der Waals surface area (Å²) in [5.74, 6) is -0.780. The molecule has 0 aromatic rings. The van der Waals surface area contributed by atoms with Crippen molar-refractivity contribution in [2.45, 2.75) is 64.5 Å². The zero-order valence-electron chi connectivity index (χ0n) is 11.8. The Bertz CT molecular complexity index is 235. The van der Waals surface area contributed by atoms with Gasteiger partial charge in [-0.25, -0.2) is 0 Å². The van der Waals surface area contributed by atoms with E-state index < -0.39 is 11.5 Å². The summed E-state index contributed by atoms with van der Waals surface area (Å²) in [5, 5.41) is 12.1. The van der Waals surface area contributed by atoms with Gasteiger partial charge in [-0.05, 0) is 46.6 Å². The number of hydrogen-bond acceptors (Lipinski definition) is 3. The number of ether oxygens (including phenoxy) is 1. The quantitative estimate of drug-likeness (QED) is 0.612. The van der Waals surface area contributed by atoms with Crippen LogP contribution in [0.4, 0.5) is 0 Å². The minimum Gasteiger partial charge on any atom is -0.480 e. The fourth-order valence-corrected chi connectivity index (χ4v) is 1.67. The maximum atomic E-state index is 11.2. The van der Waals surface area contributed by atoms with Gasteiger partial charge in [-0.3, -0.25) is 4.79 Å². The van der Waals surface area contributed by atoms with Gasteiger partial charge in [0.25, 0.3) is 0 Å². The van der Waals surface area contributed by atoms with Gasteiger partial charge in [0.2, 0.25) is 0 Å². The fraction of sp³-hybridized carbons (Fsp3) is 0.923. The van der Waals surface area contributed by atoms with E-state index in [1.54, 1.807) is 7.05 Å². The molecule has 0 heterocycles. The highest BCUT2D eigenvalue weighted by atomic mass is 16.5. The van der Waals surface area contributed by atoms with Gasteiger partial charge >= 0.3 is 5.97 Å². The molecule has 102 valence electrons. The van der Waals surface area contributed by atoms with Crippen molar-refractivity contribution >= 4 is 5.97 Å². The van der Waals surface area contributed by atoms with Gasteiger partial charge in [0.15, 0.2) is 0 Å². The van der Waals surface area contributed by atoms with Crippen LogP contribution >= 0.6 is 0 Å². The van der Waals surface area contributed by atoms with Crippen LogP contribution in [0.2, 0.25) is 0 Å². The Kier molecular flexibility index (Phi) is 6.72. The first-order chi connectivity index (χ1) is 7.83. The number of likely N-dealkylation sites (N-methyl/N-ethyl adjacent to an activating group) is 1. The van der Waals surface area contributed by atoms with E-state index in [4.69, 9.17) is 4.74 Å². The summed E-state index contributed by atoms with van der Waals surface area (Å²) < 4.78 is 5.72.